The van der Waals surface area contributed by atoms with Gasteiger partial charge in [0, 0.05) is 0 Å². The van der Waals surface area contributed by atoms with Crippen molar-refractivity contribution in [1.29, 1.82) is 0 Å². The minimum Gasteiger partial charge on any atom is -0.229 e. The van der Waals surface area contributed by atoms with Crippen molar-refractivity contribution in [3.8, 4) is 0 Å². The van der Waals surface area contributed by atoms with E-state index in [2.05, 4.69) is 13.8 Å². The summed E-state index contributed by atoms with van der Waals surface area (Å²) < 4.78 is 22.7. The summed E-state index contributed by atoms with van der Waals surface area (Å²) in [7, 11) is -2.65. The van der Waals surface area contributed by atoms with E-state index in [4.69, 9.17) is 0 Å². The van der Waals surface area contributed by atoms with Gasteiger partial charge in [-0.15, -0.1) is 0 Å². The molecule has 0 unspecified atom stereocenters. The second-order valence-corrected chi connectivity index (χ2v) is 8.45. The molecule has 0 radical (unpaired) electrons. The summed E-state index contributed by atoms with van der Waals surface area (Å²) in [6.07, 6.45) is 12.9. The van der Waals surface area contributed by atoms with Gasteiger partial charge in [-0.1, -0.05) is 78.1 Å². The van der Waals surface area contributed by atoms with Gasteiger partial charge >= 0.3 is 0 Å². The van der Waals surface area contributed by atoms with E-state index in [-0.39, 0.29) is 0 Å². The molecule has 1 saturated heterocycles. The average molecular weight is 288 g/mol. The smallest absolute Gasteiger partial charge is 0.150 e. The van der Waals surface area contributed by atoms with E-state index in [1.165, 1.54) is 64.2 Å². The van der Waals surface area contributed by atoms with Gasteiger partial charge in [0.2, 0.25) is 0 Å². The molecule has 1 aliphatic heterocycles. The molecular weight excluding hydrogens is 256 g/mol. The third kappa shape index (κ3) is 6.78. The molecule has 0 amide bonds. The van der Waals surface area contributed by atoms with Crippen LogP contribution >= 0.6 is 0 Å². The van der Waals surface area contributed by atoms with Crippen LogP contribution in [0.4, 0.5) is 0 Å². The first-order chi connectivity index (χ1) is 9.09. The standard InChI is InChI=1S/C16H32O2S/c1-3-5-7-9-11-15(12-10-8-6-4-2)16-13-19(17,18)14-16/h15-16H,3-14H2,1-2H3. The monoisotopic (exact) mass is 288 g/mol. The number of hydrogen-bond acceptors (Lipinski definition) is 2. The fourth-order valence-electron chi connectivity index (χ4n) is 3.16. The van der Waals surface area contributed by atoms with E-state index in [0.29, 0.717) is 23.3 Å². The van der Waals surface area contributed by atoms with Crippen LogP contribution in [0.1, 0.15) is 78.1 Å². The molecule has 114 valence electrons. The molecule has 0 N–H and O–H groups in total. The SMILES string of the molecule is CCCCCCC(CCCCCC)C1CS(=O)(=O)C1. The lowest BCUT2D eigenvalue weighted by Crippen LogP contribution is -2.41. The number of hydrogen-bond donors (Lipinski definition) is 0. The highest BCUT2D eigenvalue weighted by Gasteiger charge is 2.37. The van der Waals surface area contributed by atoms with Crippen LogP contribution in [0.25, 0.3) is 0 Å². The molecule has 0 aromatic heterocycles. The highest BCUT2D eigenvalue weighted by atomic mass is 32.2. The Morgan fingerprint density at radius 3 is 1.68 bits per heavy atom. The van der Waals surface area contributed by atoms with E-state index in [1.54, 1.807) is 0 Å². The van der Waals surface area contributed by atoms with Crippen LogP contribution in [0.2, 0.25) is 0 Å². The van der Waals surface area contributed by atoms with Crippen LogP contribution in [0.3, 0.4) is 0 Å². The molecule has 1 fully saturated rings. The lowest BCUT2D eigenvalue weighted by molar-refractivity contribution is 0.299. The molecule has 0 bridgehead atoms. The maximum absolute atomic E-state index is 11.4. The molecule has 0 saturated carbocycles. The molecule has 0 aliphatic carbocycles. The van der Waals surface area contributed by atoms with E-state index in [1.807, 2.05) is 0 Å². The van der Waals surface area contributed by atoms with Gasteiger partial charge in [-0.3, -0.25) is 0 Å². The van der Waals surface area contributed by atoms with Gasteiger partial charge in [-0.2, -0.15) is 0 Å². The average Bonchev–Trinajstić information content (AvgIpc) is 2.34. The summed E-state index contributed by atoms with van der Waals surface area (Å²) in [5, 5.41) is 0. The molecule has 1 rings (SSSR count). The molecule has 0 atom stereocenters. The molecule has 0 aromatic rings. The van der Waals surface area contributed by atoms with E-state index < -0.39 is 9.84 Å². The zero-order chi connectivity index (χ0) is 14.1. The molecule has 1 heterocycles. The van der Waals surface area contributed by atoms with Crippen molar-refractivity contribution in [1.82, 2.24) is 0 Å². The Morgan fingerprint density at radius 1 is 0.842 bits per heavy atom. The molecular formula is C16H32O2S. The maximum Gasteiger partial charge on any atom is 0.150 e. The van der Waals surface area contributed by atoms with Crippen molar-refractivity contribution in [2.75, 3.05) is 11.5 Å². The number of sulfone groups is 1. The van der Waals surface area contributed by atoms with Gasteiger partial charge in [0.1, 0.15) is 0 Å². The molecule has 3 heteroatoms. The first kappa shape index (κ1) is 17.0. The van der Waals surface area contributed by atoms with Crippen molar-refractivity contribution in [3.05, 3.63) is 0 Å². The normalized spacial score (nSPS) is 18.7. The van der Waals surface area contributed by atoms with E-state index in [0.717, 1.165) is 0 Å². The van der Waals surface area contributed by atoms with Crippen LogP contribution in [-0.2, 0) is 9.84 Å². The van der Waals surface area contributed by atoms with Gasteiger partial charge < -0.3 is 0 Å². The van der Waals surface area contributed by atoms with Gasteiger partial charge in [0.25, 0.3) is 0 Å². The molecule has 0 spiro atoms. The Morgan fingerprint density at radius 2 is 1.32 bits per heavy atom. The fourth-order valence-corrected chi connectivity index (χ4v) is 4.91. The quantitative estimate of drug-likeness (QED) is 0.521. The van der Waals surface area contributed by atoms with Crippen molar-refractivity contribution in [2.45, 2.75) is 78.1 Å². The summed E-state index contributed by atoms with van der Waals surface area (Å²) in [4.78, 5) is 0. The van der Waals surface area contributed by atoms with Crippen molar-refractivity contribution < 1.29 is 8.42 Å². The first-order valence-corrected chi connectivity index (χ1v) is 10.1. The minimum atomic E-state index is -2.65. The van der Waals surface area contributed by atoms with Crippen LogP contribution in [0.5, 0.6) is 0 Å². The zero-order valence-corrected chi connectivity index (χ0v) is 13.7. The summed E-state index contributed by atoms with van der Waals surface area (Å²) in [6.45, 7) is 4.47. The topological polar surface area (TPSA) is 34.1 Å². The number of rotatable bonds is 11. The van der Waals surface area contributed by atoms with Crippen LogP contribution in [-0.4, -0.2) is 19.9 Å². The highest BCUT2D eigenvalue weighted by Crippen LogP contribution is 2.33. The maximum atomic E-state index is 11.4. The van der Waals surface area contributed by atoms with Crippen molar-refractivity contribution in [2.24, 2.45) is 11.8 Å². The Bertz CT molecular complexity index is 298. The summed E-state index contributed by atoms with van der Waals surface area (Å²) in [5.41, 5.74) is 0. The van der Waals surface area contributed by atoms with E-state index in [9.17, 15) is 8.42 Å². The van der Waals surface area contributed by atoms with E-state index >= 15 is 0 Å². The Hall–Kier alpha value is -0.0500. The second-order valence-electron chi connectivity index (χ2n) is 6.30. The van der Waals surface area contributed by atoms with Crippen LogP contribution in [0.15, 0.2) is 0 Å². The molecule has 0 aromatic carbocycles. The lowest BCUT2D eigenvalue weighted by Gasteiger charge is -2.33. The van der Waals surface area contributed by atoms with Crippen LogP contribution in [0, 0.1) is 11.8 Å². The summed E-state index contributed by atoms with van der Waals surface area (Å²) in [6, 6.07) is 0. The predicted molar refractivity (Wildman–Crippen MR) is 83.2 cm³/mol. The van der Waals surface area contributed by atoms with Gasteiger partial charge in [0.05, 0.1) is 11.5 Å². The molecule has 2 nitrogen and oxygen atoms in total. The zero-order valence-electron chi connectivity index (χ0n) is 12.9. The highest BCUT2D eigenvalue weighted by molar-refractivity contribution is 7.92. The second kappa shape index (κ2) is 8.99. The van der Waals surface area contributed by atoms with Crippen molar-refractivity contribution >= 4 is 9.84 Å². The van der Waals surface area contributed by atoms with Crippen LogP contribution < -0.4 is 0 Å². The van der Waals surface area contributed by atoms with Gasteiger partial charge in [-0.25, -0.2) is 8.42 Å². The molecule has 19 heavy (non-hydrogen) atoms. The largest absolute Gasteiger partial charge is 0.229 e. The summed E-state index contributed by atoms with van der Waals surface area (Å²) in [5.74, 6) is 2.10. The first-order valence-electron chi connectivity index (χ1n) is 8.29. The number of unbranched alkanes of at least 4 members (excludes halogenated alkanes) is 6. The lowest BCUT2D eigenvalue weighted by atomic mass is 9.85. The third-order valence-corrected chi connectivity index (χ3v) is 6.33. The fraction of sp³-hybridized carbons (Fsp3) is 1.00. The minimum absolute atomic E-state index is 0.471. The van der Waals surface area contributed by atoms with Gasteiger partial charge in [-0.05, 0) is 11.8 Å². The molecule has 1 aliphatic rings. The predicted octanol–water partition coefficient (Wildman–Crippen LogP) is 4.59. The Kier molecular flexibility index (Phi) is 8.05. The Balaban J connectivity index is 2.26. The summed E-state index contributed by atoms with van der Waals surface area (Å²) >= 11 is 0. The van der Waals surface area contributed by atoms with Crippen molar-refractivity contribution in [3.63, 3.8) is 0 Å². The third-order valence-electron chi connectivity index (χ3n) is 4.46. The Labute approximate surface area is 120 Å². The van der Waals surface area contributed by atoms with Gasteiger partial charge in [0.15, 0.2) is 9.84 Å².